The number of nitrogens with zero attached hydrogens (tertiary/aromatic N) is 2. The van der Waals surface area contributed by atoms with Crippen LogP contribution in [0.4, 0.5) is 0 Å². The van der Waals surface area contributed by atoms with Gasteiger partial charge in [0.25, 0.3) is 0 Å². The van der Waals surface area contributed by atoms with Gasteiger partial charge in [0.1, 0.15) is 0 Å². The van der Waals surface area contributed by atoms with Crippen molar-refractivity contribution in [3.05, 3.63) is 30.0 Å². The van der Waals surface area contributed by atoms with E-state index >= 15 is 0 Å². The molecule has 2 aromatic rings. The number of aromatic nitrogens is 2. The molecule has 0 amide bonds. The van der Waals surface area contributed by atoms with E-state index in [1.165, 1.54) is 0 Å². The minimum Gasteiger partial charge on any atom is -0.378 e. The summed E-state index contributed by atoms with van der Waals surface area (Å²) in [5.74, 6) is 0. The van der Waals surface area contributed by atoms with Gasteiger partial charge in [0.05, 0.1) is 17.8 Å². The van der Waals surface area contributed by atoms with E-state index in [-0.39, 0.29) is 0 Å². The molecule has 1 aromatic carbocycles. The first-order valence-corrected chi connectivity index (χ1v) is 4.13. The van der Waals surface area contributed by atoms with Crippen LogP contribution in [0.3, 0.4) is 0 Å². The molecular formula is C10H11N2O. The second-order valence-corrected chi connectivity index (χ2v) is 2.95. The molecule has 0 aliphatic carbocycles. The van der Waals surface area contributed by atoms with Crippen molar-refractivity contribution < 1.29 is 4.74 Å². The standard InChI is InChI=1S/C10H11N2O/c1-12-10(7-13-2)8-5-3-4-6-9(8)11-12/h4-6H,7H2,1-2H3. The van der Waals surface area contributed by atoms with Crippen LogP contribution in [-0.4, -0.2) is 16.9 Å². The number of fused-ring (bicyclic) bond motifs is 1. The Hall–Kier alpha value is -1.35. The first-order valence-electron chi connectivity index (χ1n) is 4.13. The summed E-state index contributed by atoms with van der Waals surface area (Å²) in [7, 11) is 3.61. The van der Waals surface area contributed by atoms with Crippen LogP contribution in [0, 0.1) is 6.07 Å². The SMILES string of the molecule is COCc1c2c[c]ccc2nn1C. The number of ether oxygens (including phenoxy) is 1. The van der Waals surface area contributed by atoms with E-state index in [2.05, 4.69) is 11.2 Å². The Morgan fingerprint density at radius 1 is 1.62 bits per heavy atom. The Bertz CT molecular complexity index is 420. The van der Waals surface area contributed by atoms with Gasteiger partial charge in [-0.15, -0.1) is 0 Å². The predicted octanol–water partition coefficient (Wildman–Crippen LogP) is 1.52. The molecule has 1 aromatic heterocycles. The zero-order chi connectivity index (χ0) is 9.26. The third-order valence-electron chi connectivity index (χ3n) is 2.08. The van der Waals surface area contributed by atoms with Gasteiger partial charge < -0.3 is 4.74 Å². The van der Waals surface area contributed by atoms with Gasteiger partial charge in [-0.25, -0.2) is 0 Å². The van der Waals surface area contributed by atoms with Gasteiger partial charge >= 0.3 is 0 Å². The lowest BCUT2D eigenvalue weighted by Gasteiger charge is -1.99. The predicted molar refractivity (Wildman–Crippen MR) is 50.3 cm³/mol. The Balaban J connectivity index is 2.64. The maximum absolute atomic E-state index is 5.10. The van der Waals surface area contributed by atoms with Gasteiger partial charge in [0.15, 0.2) is 0 Å². The van der Waals surface area contributed by atoms with Gasteiger partial charge in [-0.2, -0.15) is 5.10 Å². The van der Waals surface area contributed by atoms with Gasteiger partial charge in [-0.1, -0.05) is 6.07 Å². The Morgan fingerprint density at radius 3 is 3.23 bits per heavy atom. The Labute approximate surface area is 76.9 Å². The lowest BCUT2D eigenvalue weighted by atomic mass is 10.2. The van der Waals surface area contributed by atoms with Crippen LogP contribution in [-0.2, 0) is 18.4 Å². The summed E-state index contributed by atoms with van der Waals surface area (Å²) in [4.78, 5) is 0. The normalized spacial score (nSPS) is 10.9. The zero-order valence-electron chi connectivity index (χ0n) is 7.74. The van der Waals surface area contributed by atoms with Crippen LogP contribution < -0.4 is 0 Å². The summed E-state index contributed by atoms with van der Waals surface area (Å²) in [6, 6.07) is 8.80. The minimum absolute atomic E-state index is 0.588. The monoisotopic (exact) mass is 175 g/mol. The quantitative estimate of drug-likeness (QED) is 0.692. The summed E-state index contributed by atoms with van der Waals surface area (Å²) >= 11 is 0. The third kappa shape index (κ3) is 1.31. The molecule has 0 saturated carbocycles. The minimum atomic E-state index is 0.588. The number of hydrogen-bond donors (Lipinski definition) is 0. The van der Waals surface area contributed by atoms with Crippen LogP contribution in [0.25, 0.3) is 10.9 Å². The van der Waals surface area contributed by atoms with Gasteiger partial charge in [-0.05, 0) is 18.2 Å². The molecule has 0 unspecified atom stereocenters. The molecule has 0 bridgehead atoms. The second-order valence-electron chi connectivity index (χ2n) is 2.95. The molecule has 1 heterocycles. The van der Waals surface area contributed by atoms with Crippen LogP contribution in [0.5, 0.6) is 0 Å². The molecule has 3 heteroatoms. The molecule has 67 valence electrons. The van der Waals surface area contributed by atoms with Crippen molar-refractivity contribution in [2.75, 3.05) is 7.11 Å². The van der Waals surface area contributed by atoms with Gasteiger partial charge in [-0.3, -0.25) is 4.68 Å². The first kappa shape index (κ1) is 8.26. The smallest absolute Gasteiger partial charge is 0.0927 e. The van der Waals surface area contributed by atoms with Crippen molar-refractivity contribution in [1.29, 1.82) is 0 Å². The summed E-state index contributed by atoms with van der Waals surface area (Å²) in [5, 5.41) is 5.47. The van der Waals surface area contributed by atoms with Crippen molar-refractivity contribution in [1.82, 2.24) is 9.78 Å². The zero-order valence-corrected chi connectivity index (χ0v) is 7.74. The average molecular weight is 175 g/mol. The first-order chi connectivity index (χ1) is 6.33. The highest BCUT2D eigenvalue weighted by molar-refractivity contribution is 5.81. The number of aryl methyl sites for hydroxylation is 1. The fraction of sp³-hybridized carbons (Fsp3) is 0.300. The Kier molecular flexibility index (Phi) is 2.02. The summed E-state index contributed by atoms with van der Waals surface area (Å²) in [5.41, 5.74) is 2.09. The molecule has 3 nitrogen and oxygen atoms in total. The van der Waals surface area contributed by atoms with Crippen molar-refractivity contribution in [3.8, 4) is 0 Å². The van der Waals surface area contributed by atoms with E-state index in [0.29, 0.717) is 6.61 Å². The highest BCUT2D eigenvalue weighted by Crippen LogP contribution is 2.17. The van der Waals surface area contributed by atoms with E-state index in [4.69, 9.17) is 4.74 Å². The molecule has 0 aliphatic rings. The number of methoxy groups -OCH3 is 1. The molecule has 0 N–H and O–H groups in total. The van der Waals surface area contributed by atoms with E-state index in [1.54, 1.807) is 7.11 Å². The average Bonchev–Trinajstić information content (AvgIpc) is 2.44. The number of rotatable bonds is 2. The second kappa shape index (κ2) is 3.18. The summed E-state index contributed by atoms with van der Waals surface area (Å²) in [6.45, 7) is 0.588. The molecule has 0 fully saturated rings. The third-order valence-corrected chi connectivity index (χ3v) is 2.08. The maximum atomic E-state index is 5.10. The maximum Gasteiger partial charge on any atom is 0.0927 e. The van der Waals surface area contributed by atoms with Crippen LogP contribution >= 0.6 is 0 Å². The van der Waals surface area contributed by atoms with Crippen molar-refractivity contribution in [2.45, 2.75) is 6.61 Å². The molecule has 1 radical (unpaired) electrons. The van der Waals surface area contributed by atoms with Gasteiger partial charge in [0.2, 0.25) is 0 Å². The molecule has 0 atom stereocenters. The highest BCUT2D eigenvalue weighted by Gasteiger charge is 2.06. The van der Waals surface area contributed by atoms with Crippen molar-refractivity contribution in [2.24, 2.45) is 7.05 Å². The topological polar surface area (TPSA) is 27.1 Å². The van der Waals surface area contributed by atoms with E-state index < -0.39 is 0 Å². The molecular weight excluding hydrogens is 164 g/mol. The highest BCUT2D eigenvalue weighted by atomic mass is 16.5. The van der Waals surface area contributed by atoms with E-state index in [0.717, 1.165) is 16.6 Å². The van der Waals surface area contributed by atoms with Crippen LogP contribution in [0.15, 0.2) is 18.2 Å². The van der Waals surface area contributed by atoms with Crippen LogP contribution in [0.2, 0.25) is 0 Å². The van der Waals surface area contributed by atoms with Crippen molar-refractivity contribution in [3.63, 3.8) is 0 Å². The lowest BCUT2D eigenvalue weighted by molar-refractivity contribution is 0.179. The summed E-state index contributed by atoms with van der Waals surface area (Å²) in [6.07, 6.45) is 0. The largest absolute Gasteiger partial charge is 0.378 e. The fourth-order valence-electron chi connectivity index (χ4n) is 1.44. The number of hydrogen-bond acceptors (Lipinski definition) is 2. The van der Waals surface area contributed by atoms with Crippen LogP contribution in [0.1, 0.15) is 5.69 Å². The van der Waals surface area contributed by atoms with E-state index in [1.807, 2.05) is 29.9 Å². The molecule has 0 aliphatic heterocycles. The van der Waals surface area contributed by atoms with Gasteiger partial charge in [0, 0.05) is 19.5 Å². The molecule has 2 rings (SSSR count). The Morgan fingerprint density at radius 2 is 2.46 bits per heavy atom. The fourth-order valence-corrected chi connectivity index (χ4v) is 1.44. The molecule has 0 spiro atoms. The van der Waals surface area contributed by atoms with Crippen molar-refractivity contribution >= 4 is 10.9 Å². The molecule has 0 saturated heterocycles. The lowest BCUT2D eigenvalue weighted by Crippen LogP contribution is -1.99. The van der Waals surface area contributed by atoms with E-state index in [9.17, 15) is 0 Å². The number of benzene rings is 1. The molecule has 13 heavy (non-hydrogen) atoms. The summed E-state index contributed by atoms with van der Waals surface area (Å²) < 4.78 is 6.95.